The normalized spacial score (nSPS) is 17.8. The number of nitrogens with two attached hydrogens (primary N) is 1. The van der Waals surface area contributed by atoms with Crippen LogP contribution in [0.4, 0.5) is 0 Å². The van der Waals surface area contributed by atoms with Gasteiger partial charge in [0.25, 0.3) is 16.0 Å². The third-order valence-corrected chi connectivity index (χ3v) is 6.48. The van der Waals surface area contributed by atoms with Gasteiger partial charge in [0.05, 0.1) is 32.5 Å². The first-order valence-electron chi connectivity index (χ1n) is 11.6. The molecule has 1 aromatic carbocycles. The van der Waals surface area contributed by atoms with Crippen LogP contribution < -0.4 is 11.1 Å². The van der Waals surface area contributed by atoms with Gasteiger partial charge in [0.2, 0.25) is 5.91 Å². The van der Waals surface area contributed by atoms with E-state index in [-0.39, 0.29) is 44.0 Å². The van der Waals surface area contributed by atoms with Crippen molar-refractivity contribution < 1.29 is 41.6 Å². The number of amides is 2. The number of hydrogen-bond acceptors (Lipinski definition) is 10. The van der Waals surface area contributed by atoms with E-state index in [1.807, 2.05) is 6.92 Å². The molecule has 0 radical (unpaired) electrons. The molecule has 218 valence electrons. The lowest BCUT2D eigenvalue weighted by molar-refractivity contribution is -0.145. The molecule has 0 aromatic heterocycles. The molecular weight excluding hydrogens is 554 g/mol. The van der Waals surface area contributed by atoms with E-state index in [0.29, 0.717) is 35.8 Å². The molecule has 1 aliphatic rings. The molecule has 2 amide bonds. The van der Waals surface area contributed by atoms with Gasteiger partial charge in [0.1, 0.15) is 17.7 Å². The highest BCUT2D eigenvalue weighted by atomic mass is 32.2. The summed E-state index contributed by atoms with van der Waals surface area (Å²) in [6.07, 6.45) is 0.758. The summed E-state index contributed by atoms with van der Waals surface area (Å²) < 4.78 is 41.0. The Hall–Kier alpha value is -3.05. The summed E-state index contributed by atoms with van der Waals surface area (Å²) in [5.74, 6) is -1.21. The third kappa shape index (κ3) is 13.5. The van der Waals surface area contributed by atoms with Gasteiger partial charge in [-0.15, -0.1) is 0 Å². The predicted octanol–water partition coefficient (Wildman–Crippen LogP) is 0.119. The molecule has 1 aliphatic heterocycles. The number of esters is 1. The van der Waals surface area contributed by atoms with Crippen molar-refractivity contribution in [2.45, 2.75) is 24.6 Å². The highest BCUT2D eigenvalue weighted by Crippen LogP contribution is 2.31. The number of hydrogen-bond donors (Lipinski definition) is 4. The number of methoxy groups -OCH3 is 1. The summed E-state index contributed by atoms with van der Waals surface area (Å²) in [6.45, 7) is 3.33. The maximum atomic E-state index is 12.6. The number of rotatable bonds is 12. The molecule has 1 aromatic rings. The van der Waals surface area contributed by atoms with Crippen LogP contribution in [-0.2, 0) is 33.9 Å². The van der Waals surface area contributed by atoms with E-state index in [4.69, 9.17) is 29.9 Å². The predicted molar refractivity (Wildman–Crippen MR) is 147 cm³/mol. The highest BCUT2D eigenvalue weighted by Gasteiger charge is 2.39. The van der Waals surface area contributed by atoms with Crippen LogP contribution in [0.5, 0.6) is 0 Å². The smallest absolute Gasteiger partial charge is 0.307 e. The lowest BCUT2D eigenvalue weighted by Gasteiger charge is -2.19. The summed E-state index contributed by atoms with van der Waals surface area (Å²) >= 11 is 1.19. The Kier molecular flexibility index (Phi) is 14.6. The van der Waals surface area contributed by atoms with E-state index >= 15 is 0 Å². The quantitative estimate of drug-likeness (QED) is 0.0842. The first-order chi connectivity index (χ1) is 18.2. The minimum Gasteiger partial charge on any atom is -0.463 e. The molecule has 2 atom stereocenters. The van der Waals surface area contributed by atoms with Crippen LogP contribution in [0.3, 0.4) is 0 Å². The number of ether oxygens (including phenoxy) is 3. The summed E-state index contributed by atoms with van der Waals surface area (Å²) in [4.78, 5) is 42.9. The van der Waals surface area contributed by atoms with Crippen molar-refractivity contribution in [1.82, 2.24) is 10.2 Å². The Morgan fingerprint density at radius 2 is 1.72 bits per heavy atom. The molecule has 14 nitrogen and oxygen atoms in total. The molecule has 39 heavy (non-hydrogen) atoms. The third-order valence-electron chi connectivity index (χ3n) is 5.03. The zero-order chi connectivity index (χ0) is 29.6. The van der Waals surface area contributed by atoms with Crippen LogP contribution in [0.1, 0.15) is 29.3 Å². The average Bonchev–Trinajstić information content (AvgIpc) is 3.13. The van der Waals surface area contributed by atoms with Gasteiger partial charge in [0.15, 0.2) is 5.17 Å². The number of amidine groups is 2. The Labute approximate surface area is 231 Å². The van der Waals surface area contributed by atoms with Crippen molar-refractivity contribution in [3.05, 3.63) is 35.4 Å². The van der Waals surface area contributed by atoms with Gasteiger partial charge in [0, 0.05) is 37.9 Å². The number of nitrogens with one attached hydrogen (secondary N) is 2. The van der Waals surface area contributed by atoms with Crippen molar-refractivity contribution in [2.24, 2.45) is 10.7 Å². The first kappa shape index (κ1) is 34.0. The number of thioether (sulfide) groups is 1. The van der Waals surface area contributed by atoms with Crippen molar-refractivity contribution in [3.63, 3.8) is 0 Å². The van der Waals surface area contributed by atoms with E-state index in [0.717, 1.165) is 0 Å². The molecule has 0 saturated carbocycles. The Morgan fingerprint density at radius 1 is 1.15 bits per heavy atom. The number of carbonyl (C=O) groups is 3. The Bertz CT molecular complexity index is 1120. The standard InChI is InChI=1S/C22H31N5O6S.CH4O3S/c1-14-18(21(30)25-9-8-17(28)33-13-12-32-11-10-31-3)34-22(27(14)2)26-20(29)16-6-4-15(5-7-16)19(23)24;1-5(2,3)4/h4-7,14,18H,8-13H2,1-3H3,(H3,23,24)(H,25,30);1H3,(H,2,3,4). The molecule has 0 aliphatic carbocycles. The van der Waals surface area contributed by atoms with Crippen LogP contribution in [0.2, 0.25) is 0 Å². The Morgan fingerprint density at radius 3 is 2.28 bits per heavy atom. The second kappa shape index (κ2) is 16.8. The minimum absolute atomic E-state index is 0.0428. The van der Waals surface area contributed by atoms with Crippen molar-refractivity contribution in [2.75, 3.05) is 53.4 Å². The van der Waals surface area contributed by atoms with E-state index in [1.54, 1.807) is 43.3 Å². The van der Waals surface area contributed by atoms with Gasteiger partial charge < -0.3 is 30.2 Å². The number of aliphatic imine (C=N–C) groups is 1. The van der Waals surface area contributed by atoms with Gasteiger partial charge in [-0.2, -0.15) is 13.4 Å². The average molecular weight is 590 g/mol. The highest BCUT2D eigenvalue weighted by molar-refractivity contribution is 8.15. The van der Waals surface area contributed by atoms with E-state index in [2.05, 4.69) is 10.3 Å². The van der Waals surface area contributed by atoms with Crippen LogP contribution >= 0.6 is 11.8 Å². The number of benzene rings is 1. The zero-order valence-electron chi connectivity index (χ0n) is 22.2. The topological polar surface area (TPSA) is 211 Å². The zero-order valence-corrected chi connectivity index (χ0v) is 23.8. The van der Waals surface area contributed by atoms with Crippen LogP contribution in [0.15, 0.2) is 29.3 Å². The molecule has 2 rings (SSSR count). The summed E-state index contributed by atoms with van der Waals surface area (Å²) in [5.41, 5.74) is 6.30. The fourth-order valence-corrected chi connectivity index (χ4v) is 4.18. The second-order valence-corrected chi connectivity index (χ2v) is 10.8. The lowest BCUT2D eigenvalue weighted by atomic mass is 10.1. The van der Waals surface area contributed by atoms with Gasteiger partial charge in [-0.1, -0.05) is 23.9 Å². The lowest BCUT2D eigenvalue weighted by Crippen LogP contribution is -2.41. The molecule has 1 heterocycles. The van der Waals surface area contributed by atoms with E-state index < -0.39 is 27.2 Å². The second-order valence-electron chi connectivity index (χ2n) is 8.18. The van der Waals surface area contributed by atoms with Crippen LogP contribution in [-0.4, -0.2) is 111 Å². The molecule has 5 N–H and O–H groups in total. The number of nitrogens with zero attached hydrogens (tertiary/aromatic N) is 2. The molecular formula is C23H35N5O9S2. The summed E-state index contributed by atoms with van der Waals surface area (Å²) in [7, 11) is -0.326. The van der Waals surface area contributed by atoms with Crippen molar-refractivity contribution >= 4 is 50.7 Å². The maximum absolute atomic E-state index is 12.6. The monoisotopic (exact) mass is 589 g/mol. The van der Waals surface area contributed by atoms with E-state index in [1.165, 1.54) is 11.8 Å². The summed E-state index contributed by atoms with van der Waals surface area (Å²) in [6, 6.07) is 6.08. The fraction of sp³-hybridized carbons (Fsp3) is 0.522. The van der Waals surface area contributed by atoms with Crippen molar-refractivity contribution in [1.29, 1.82) is 5.41 Å². The SMILES string of the molecule is COCCOCCOC(=O)CCNC(=O)C1SC(=NC(=O)c2ccc(C(=N)N)cc2)N(C)C1C.CS(=O)(=O)O. The molecule has 2 unspecified atom stereocenters. The molecule has 0 bridgehead atoms. The fourth-order valence-electron chi connectivity index (χ4n) is 2.91. The van der Waals surface area contributed by atoms with Gasteiger partial charge in [-0.3, -0.25) is 24.3 Å². The van der Waals surface area contributed by atoms with Crippen LogP contribution in [0, 0.1) is 5.41 Å². The van der Waals surface area contributed by atoms with Crippen LogP contribution in [0.25, 0.3) is 0 Å². The minimum atomic E-state index is -3.67. The summed E-state index contributed by atoms with van der Waals surface area (Å²) in [5, 5.41) is 10.1. The first-order valence-corrected chi connectivity index (χ1v) is 14.4. The molecule has 1 fully saturated rings. The maximum Gasteiger partial charge on any atom is 0.307 e. The van der Waals surface area contributed by atoms with Gasteiger partial charge in [-0.25, -0.2) is 0 Å². The molecule has 1 saturated heterocycles. The van der Waals surface area contributed by atoms with E-state index in [9.17, 15) is 22.8 Å². The molecule has 0 spiro atoms. The number of carbonyl (C=O) groups excluding carboxylic acids is 3. The number of nitrogen functional groups attached to an aromatic ring is 1. The van der Waals surface area contributed by atoms with Crippen molar-refractivity contribution in [3.8, 4) is 0 Å². The Balaban J connectivity index is 0.00000139. The largest absolute Gasteiger partial charge is 0.463 e. The van der Waals surface area contributed by atoms with Gasteiger partial charge in [-0.05, 0) is 19.1 Å². The molecule has 16 heteroatoms. The van der Waals surface area contributed by atoms with Gasteiger partial charge >= 0.3 is 5.97 Å².